The Morgan fingerprint density at radius 2 is 2.17 bits per heavy atom. The van der Waals surface area contributed by atoms with Gasteiger partial charge in [-0.2, -0.15) is 0 Å². The summed E-state index contributed by atoms with van der Waals surface area (Å²) < 4.78 is 4.38. The van der Waals surface area contributed by atoms with Crippen LogP contribution in [0, 0.1) is 0 Å². The number of carbonyl (C=O) groups is 1. The minimum Gasteiger partial charge on any atom is -0.464 e. The first-order valence-electron chi connectivity index (χ1n) is 3.54. The van der Waals surface area contributed by atoms with Crippen molar-refractivity contribution in [3.8, 4) is 0 Å². The second-order valence-electron chi connectivity index (χ2n) is 2.07. The Morgan fingerprint density at radius 1 is 1.58 bits per heavy atom. The van der Waals surface area contributed by atoms with Crippen LogP contribution in [0.15, 0.2) is 5.16 Å². The van der Waals surface area contributed by atoms with E-state index in [-0.39, 0.29) is 5.71 Å². The average Bonchev–Trinajstić information content (AvgIpc) is 2.11. The van der Waals surface area contributed by atoms with Crippen molar-refractivity contribution in [2.45, 2.75) is 19.4 Å². The van der Waals surface area contributed by atoms with Crippen LogP contribution in [-0.2, 0) is 14.4 Å². The number of ether oxygens (including phenoxy) is 1. The molecule has 5 nitrogen and oxygen atoms in total. The molecule has 0 rings (SSSR count). The van der Waals surface area contributed by atoms with E-state index < -0.39 is 12.1 Å². The standard InChI is InChI=1S/C7H13NO4/c1-4-5(9)6(8-12-3)7(10)11-2/h5,9H,4H2,1-3H3. The fraction of sp³-hybridized carbons (Fsp3) is 0.714. The first-order valence-corrected chi connectivity index (χ1v) is 3.54. The van der Waals surface area contributed by atoms with Gasteiger partial charge in [0.15, 0.2) is 5.71 Å². The molecular formula is C7H13NO4. The summed E-state index contributed by atoms with van der Waals surface area (Å²) in [5.41, 5.74) is -0.109. The first-order chi connectivity index (χ1) is 5.67. The number of hydrogen-bond acceptors (Lipinski definition) is 5. The van der Waals surface area contributed by atoms with E-state index in [0.29, 0.717) is 6.42 Å². The van der Waals surface area contributed by atoms with Crippen molar-refractivity contribution < 1.29 is 19.5 Å². The van der Waals surface area contributed by atoms with Crippen molar-refractivity contribution in [2.75, 3.05) is 14.2 Å². The van der Waals surface area contributed by atoms with Crippen LogP contribution in [0.4, 0.5) is 0 Å². The molecule has 0 aliphatic heterocycles. The zero-order valence-electron chi connectivity index (χ0n) is 7.40. The molecule has 0 aliphatic carbocycles. The van der Waals surface area contributed by atoms with Crippen LogP contribution in [0.3, 0.4) is 0 Å². The Bertz CT molecular complexity index is 178. The highest BCUT2D eigenvalue weighted by Crippen LogP contribution is 1.97. The Kier molecular flexibility index (Phi) is 5.03. The van der Waals surface area contributed by atoms with Gasteiger partial charge in [-0.05, 0) is 6.42 Å². The molecule has 1 atom stereocenters. The van der Waals surface area contributed by atoms with Gasteiger partial charge in [0.05, 0.1) is 7.11 Å². The van der Waals surface area contributed by atoms with Gasteiger partial charge in [-0.3, -0.25) is 0 Å². The molecule has 0 heterocycles. The number of aliphatic hydroxyl groups is 1. The molecule has 0 bridgehead atoms. The van der Waals surface area contributed by atoms with Gasteiger partial charge in [-0.1, -0.05) is 12.1 Å². The normalized spacial score (nSPS) is 13.8. The van der Waals surface area contributed by atoms with Crippen LogP contribution in [0.2, 0.25) is 0 Å². The number of nitrogens with zero attached hydrogens (tertiary/aromatic N) is 1. The van der Waals surface area contributed by atoms with Crippen LogP contribution >= 0.6 is 0 Å². The molecule has 1 N–H and O–H groups in total. The number of oxime groups is 1. The molecule has 0 saturated heterocycles. The first kappa shape index (κ1) is 10.9. The van der Waals surface area contributed by atoms with Gasteiger partial charge in [-0.15, -0.1) is 0 Å². The molecule has 0 aromatic carbocycles. The summed E-state index contributed by atoms with van der Waals surface area (Å²) >= 11 is 0. The molecule has 0 fully saturated rings. The van der Waals surface area contributed by atoms with E-state index in [4.69, 9.17) is 0 Å². The van der Waals surface area contributed by atoms with E-state index >= 15 is 0 Å². The molecule has 70 valence electrons. The van der Waals surface area contributed by atoms with Gasteiger partial charge in [0, 0.05) is 0 Å². The summed E-state index contributed by atoms with van der Waals surface area (Å²) in [5.74, 6) is -0.675. The summed E-state index contributed by atoms with van der Waals surface area (Å²) in [6, 6.07) is 0. The predicted octanol–water partition coefficient (Wildman–Crippen LogP) is -0.0673. The van der Waals surface area contributed by atoms with Crippen LogP contribution in [-0.4, -0.2) is 37.1 Å². The summed E-state index contributed by atoms with van der Waals surface area (Å²) in [6.45, 7) is 1.72. The Hall–Kier alpha value is -1.10. The minimum atomic E-state index is -0.933. The van der Waals surface area contributed by atoms with E-state index in [9.17, 15) is 9.90 Å². The minimum absolute atomic E-state index is 0.109. The SMILES string of the molecule is CCC(O)C(=NOC)C(=O)OC. The molecule has 0 aromatic rings. The summed E-state index contributed by atoms with van der Waals surface area (Å²) in [5, 5.41) is 12.6. The number of aliphatic hydroxyl groups excluding tert-OH is 1. The maximum Gasteiger partial charge on any atom is 0.358 e. The lowest BCUT2D eigenvalue weighted by atomic mass is 10.2. The molecule has 0 amide bonds. The monoisotopic (exact) mass is 175 g/mol. The third kappa shape index (κ3) is 2.87. The van der Waals surface area contributed by atoms with Crippen molar-refractivity contribution in [2.24, 2.45) is 5.16 Å². The van der Waals surface area contributed by atoms with Gasteiger partial charge in [-0.25, -0.2) is 4.79 Å². The van der Waals surface area contributed by atoms with Crippen LogP contribution in [0.25, 0.3) is 0 Å². The molecule has 5 heteroatoms. The fourth-order valence-corrected chi connectivity index (χ4v) is 0.630. The van der Waals surface area contributed by atoms with Crippen molar-refractivity contribution >= 4 is 11.7 Å². The molecule has 0 aromatic heterocycles. The molecule has 0 radical (unpaired) electrons. The van der Waals surface area contributed by atoms with E-state index in [1.165, 1.54) is 14.2 Å². The van der Waals surface area contributed by atoms with Crippen molar-refractivity contribution in [1.29, 1.82) is 0 Å². The number of rotatable bonds is 4. The maximum absolute atomic E-state index is 10.9. The smallest absolute Gasteiger partial charge is 0.358 e. The van der Waals surface area contributed by atoms with Gasteiger partial charge in [0.2, 0.25) is 0 Å². The highest BCUT2D eigenvalue weighted by Gasteiger charge is 2.20. The third-order valence-corrected chi connectivity index (χ3v) is 1.29. The van der Waals surface area contributed by atoms with Crippen molar-refractivity contribution in [1.82, 2.24) is 0 Å². The van der Waals surface area contributed by atoms with E-state index in [2.05, 4.69) is 14.7 Å². The second-order valence-corrected chi connectivity index (χ2v) is 2.07. The highest BCUT2D eigenvalue weighted by atomic mass is 16.6. The van der Waals surface area contributed by atoms with Crippen molar-refractivity contribution in [3.05, 3.63) is 0 Å². The Labute approximate surface area is 71.0 Å². The van der Waals surface area contributed by atoms with Gasteiger partial charge >= 0.3 is 5.97 Å². The van der Waals surface area contributed by atoms with Gasteiger partial charge < -0.3 is 14.7 Å². The summed E-state index contributed by atoms with van der Waals surface area (Å²) in [7, 11) is 2.52. The number of carbonyl (C=O) groups excluding carboxylic acids is 1. The number of methoxy groups -OCH3 is 1. The zero-order chi connectivity index (χ0) is 9.56. The highest BCUT2D eigenvalue weighted by molar-refractivity contribution is 6.37. The zero-order valence-corrected chi connectivity index (χ0v) is 7.40. The van der Waals surface area contributed by atoms with E-state index in [1.54, 1.807) is 6.92 Å². The molecule has 0 aliphatic rings. The van der Waals surface area contributed by atoms with Crippen LogP contribution in [0.5, 0.6) is 0 Å². The number of hydrogen-bond donors (Lipinski definition) is 1. The topological polar surface area (TPSA) is 68.1 Å². The average molecular weight is 175 g/mol. The Morgan fingerprint density at radius 3 is 2.50 bits per heavy atom. The van der Waals surface area contributed by atoms with Crippen molar-refractivity contribution in [3.63, 3.8) is 0 Å². The molecule has 1 unspecified atom stereocenters. The van der Waals surface area contributed by atoms with Gasteiger partial charge in [0.25, 0.3) is 0 Å². The fourth-order valence-electron chi connectivity index (χ4n) is 0.630. The van der Waals surface area contributed by atoms with E-state index in [1.807, 2.05) is 0 Å². The molecule has 12 heavy (non-hydrogen) atoms. The van der Waals surface area contributed by atoms with Gasteiger partial charge in [0.1, 0.15) is 13.2 Å². The molecular weight excluding hydrogens is 162 g/mol. The quantitative estimate of drug-likeness (QED) is 0.369. The molecule has 0 saturated carbocycles. The third-order valence-electron chi connectivity index (χ3n) is 1.29. The second kappa shape index (κ2) is 5.54. The van der Waals surface area contributed by atoms with Crippen LogP contribution < -0.4 is 0 Å². The summed E-state index contributed by atoms with van der Waals surface area (Å²) in [6.07, 6.45) is -0.547. The largest absolute Gasteiger partial charge is 0.464 e. The lowest BCUT2D eigenvalue weighted by molar-refractivity contribution is -0.133. The Balaban J connectivity index is 4.43. The lowest BCUT2D eigenvalue weighted by Crippen LogP contribution is -2.29. The predicted molar refractivity (Wildman–Crippen MR) is 42.8 cm³/mol. The molecule has 0 spiro atoms. The maximum atomic E-state index is 10.9. The van der Waals surface area contributed by atoms with E-state index in [0.717, 1.165) is 0 Å². The summed E-state index contributed by atoms with van der Waals surface area (Å²) in [4.78, 5) is 15.3. The lowest BCUT2D eigenvalue weighted by Gasteiger charge is -2.07. The van der Waals surface area contributed by atoms with Crippen LogP contribution in [0.1, 0.15) is 13.3 Å². The number of esters is 1.